The van der Waals surface area contributed by atoms with Crippen molar-refractivity contribution in [3.63, 3.8) is 0 Å². The van der Waals surface area contributed by atoms with Crippen molar-refractivity contribution in [2.24, 2.45) is 128 Å². The summed E-state index contributed by atoms with van der Waals surface area (Å²) in [6.07, 6.45) is 16.3. The number of hydrogen-bond acceptors (Lipinski definition) is 20. The Morgan fingerprint density at radius 1 is 0.444 bits per heavy atom. The third kappa shape index (κ3) is 15.6. The van der Waals surface area contributed by atoms with E-state index in [4.69, 9.17) is 75.8 Å². The van der Waals surface area contributed by atoms with Crippen LogP contribution in [0.5, 0.6) is 0 Å². The van der Waals surface area contributed by atoms with Gasteiger partial charge in [-0.25, -0.2) is 9.59 Å². The Labute approximate surface area is 750 Å². The molecule has 694 valence electrons. The molecule has 3 aromatic rings. The van der Waals surface area contributed by atoms with Crippen molar-refractivity contribution in [3.8, 4) is 0 Å². The quantitative estimate of drug-likeness (QED) is 0.113. The molecule has 20 nitrogen and oxygen atoms in total. The fourth-order valence-electron chi connectivity index (χ4n) is 29.7. The SMILES string of the molecule is CC1OC(OC2[C@H](O[C@H]3CC[C@@]4(C)C(=CC[C@H]5[C@@H]6C[C@@H]7O[C@]8(CC[C@@H](C)CO8)[C@@H](C)[C@@H]7[C@@]6(C)CC[C@@H]54)C3)OC(CO)[C@@H](O)[C@@H]2C)C(OC(=O)c2ccccc2)C(C)C1C.CC1OC(OC2[C@H](O[C@H]3CC[C@@]4(C)C(=CC[C@H]5[C@@H]6C[C@@H]7O[C@]8(CC[C@@H](C)CO8)[C@@H](C)[C@@H]7[C@@]6(C)CC[C@@H]54)C3)OC3COC(c4ccccc4)O[C@]3(C)[C@@H]2C)C(OC(=O)c2ccccc2)C(C)C1C. The van der Waals surface area contributed by atoms with E-state index in [1.54, 1.807) is 29.8 Å². The van der Waals surface area contributed by atoms with Crippen LogP contribution in [0, 0.1) is 128 Å². The largest absolute Gasteiger partial charge is 0.453 e. The Morgan fingerprint density at radius 3 is 1.34 bits per heavy atom. The standard InChI is InChI=1S/C57H78O10.C49H72O10/c1-32-22-27-57(60-30-32)35(4)47-45(66-57)29-44-42-21-20-40-28-41(23-25-54(40,7)43(42)24-26-55(44,47)8)62-53-49(36(5)56(9)46(63-53)31-59-51(67-56)39-18-14-11-15-19-39)65-52-48(34(3)33(2)37(6)61-52)64-50(58)38-16-12-10-13-17-38;1-26-16-21-49(53-25-26)30(5)40-38(59-49)23-37-35-15-14-33-22-34(17-19-47(33,7)36(35)18-20-48(37,40)8)55-46-43(29(4)41(51)39(24-50)56-46)58-45-42(28(3)27(2)31(6)54-45)57-44(52)32-12-10-9-11-13-32/h10-20,32-37,41-49,51-53H,21-31H2,1-9H3;9-14,26-31,34-43,45-46,50-51H,15-25H2,1-8H3/t32-,33?,34?,35+,36-,37?,41+,42-,43+,44+,45+,46?,47+,48?,49?,51?,52?,53-,54+,55+,56-,57-;26-,27?,28?,29+,30+,31?,34+,35-,36+,37+,38+,39?,40+,41+,42?,43?,45?,46-,47+,48+,49-/m11/s1. The van der Waals surface area contributed by atoms with Crippen molar-refractivity contribution in [1.82, 2.24) is 0 Å². The van der Waals surface area contributed by atoms with Crippen LogP contribution in [0.15, 0.2) is 114 Å². The Kier molecular flexibility index (Phi) is 25.2. The highest BCUT2D eigenvalue weighted by atomic mass is 16.8. The number of aliphatic hydroxyl groups excluding tert-OH is 2. The third-order valence-electron chi connectivity index (χ3n) is 38.4. The minimum Gasteiger partial charge on any atom is -0.453 e. The molecule has 9 aliphatic heterocycles. The van der Waals surface area contributed by atoms with Gasteiger partial charge in [0.15, 0.2) is 55.2 Å². The lowest BCUT2D eigenvalue weighted by Crippen LogP contribution is -2.67. The van der Waals surface area contributed by atoms with Crippen molar-refractivity contribution < 1.29 is 95.6 Å². The summed E-state index contributed by atoms with van der Waals surface area (Å²) in [4.78, 5) is 27.0. The molecule has 0 amide bonds. The summed E-state index contributed by atoms with van der Waals surface area (Å²) in [6, 6.07) is 28.2. The molecule has 15 unspecified atom stereocenters. The van der Waals surface area contributed by atoms with Crippen molar-refractivity contribution in [1.29, 1.82) is 0 Å². The molecule has 9 saturated heterocycles. The molecule has 126 heavy (non-hydrogen) atoms. The minimum atomic E-state index is -0.981. The Bertz CT molecular complexity index is 4360. The van der Waals surface area contributed by atoms with Crippen LogP contribution in [0.2, 0.25) is 0 Å². The van der Waals surface area contributed by atoms with Crippen LogP contribution in [-0.2, 0) is 75.8 Å². The molecular weight excluding hydrogens is 1590 g/mol. The lowest BCUT2D eigenvalue weighted by molar-refractivity contribution is -0.409. The first-order valence-electron chi connectivity index (χ1n) is 49.7. The number of carbonyl (C=O) groups is 2. The number of rotatable bonds is 14. The highest BCUT2D eigenvalue weighted by molar-refractivity contribution is 5.90. The van der Waals surface area contributed by atoms with Crippen LogP contribution in [0.1, 0.15) is 266 Å². The molecule has 0 bridgehead atoms. The molecule has 43 atom stereocenters. The van der Waals surface area contributed by atoms with Crippen molar-refractivity contribution in [2.45, 2.75) is 361 Å². The van der Waals surface area contributed by atoms with E-state index in [0.717, 1.165) is 89.4 Å². The number of esters is 2. The van der Waals surface area contributed by atoms with Gasteiger partial charge >= 0.3 is 11.9 Å². The van der Waals surface area contributed by atoms with Gasteiger partial charge in [0.1, 0.15) is 30.0 Å². The first kappa shape index (κ1) is 90.6. The number of aliphatic hydroxyl groups is 2. The van der Waals surface area contributed by atoms with E-state index in [0.29, 0.717) is 101 Å². The van der Waals surface area contributed by atoms with E-state index in [2.05, 4.69) is 116 Å². The molecule has 6 saturated carbocycles. The van der Waals surface area contributed by atoms with Crippen LogP contribution < -0.4 is 0 Å². The molecule has 20 rings (SSSR count). The number of allylic oxidation sites excluding steroid dienone is 2. The van der Waals surface area contributed by atoms with Crippen molar-refractivity contribution in [2.75, 3.05) is 26.4 Å². The zero-order valence-corrected chi connectivity index (χ0v) is 78.4. The molecule has 17 aliphatic rings. The Hall–Kier alpha value is -4.56. The zero-order valence-electron chi connectivity index (χ0n) is 78.4. The average molecular weight is 1740 g/mol. The summed E-state index contributed by atoms with van der Waals surface area (Å²) in [5.74, 6) is 5.01. The highest BCUT2D eigenvalue weighted by Gasteiger charge is 2.72. The maximum absolute atomic E-state index is 13.7. The molecule has 2 N–H and O–H groups in total. The third-order valence-corrected chi connectivity index (χ3v) is 38.4. The molecule has 0 aromatic heterocycles. The molecule has 15 fully saturated rings. The Morgan fingerprint density at radius 2 is 0.889 bits per heavy atom. The minimum absolute atomic E-state index is 0.0345. The summed E-state index contributed by atoms with van der Waals surface area (Å²) >= 11 is 0. The molecule has 9 heterocycles. The number of carbonyl (C=O) groups excluding carboxylic acids is 2. The van der Waals surface area contributed by atoms with E-state index in [1.165, 1.54) is 50.5 Å². The number of benzene rings is 3. The maximum atomic E-state index is 13.7. The van der Waals surface area contributed by atoms with Gasteiger partial charge in [0, 0.05) is 53.9 Å². The topological polar surface area (TPSA) is 222 Å². The van der Waals surface area contributed by atoms with Crippen LogP contribution >= 0.6 is 0 Å². The summed E-state index contributed by atoms with van der Waals surface area (Å²) in [5, 5.41) is 21.6. The second kappa shape index (κ2) is 35.0. The maximum Gasteiger partial charge on any atom is 0.338 e. The van der Waals surface area contributed by atoms with Gasteiger partial charge in [0.05, 0.1) is 80.3 Å². The first-order chi connectivity index (χ1) is 60.3. The number of fused-ring (bicyclic) bond motifs is 15. The van der Waals surface area contributed by atoms with Crippen LogP contribution in [0.25, 0.3) is 0 Å². The van der Waals surface area contributed by atoms with Gasteiger partial charge in [-0.2, -0.15) is 0 Å². The van der Waals surface area contributed by atoms with E-state index < -0.39 is 97.6 Å². The summed E-state index contributed by atoms with van der Waals surface area (Å²) in [5.41, 5.74) is 5.00. The average Bonchev–Trinajstić information content (AvgIpc) is 1.52. The Balaban J connectivity index is 0.000000166. The van der Waals surface area contributed by atoms with E-state index in [1.807, 2.05) is 80.6 Å². The molecular formula is C106H150O20. The van der Waals surface area contributed by atoms with Gasteiger partial charge in [-0.3, -0.25) is 0 Å². The predicted octanol–water partition coefficient (Wildman–Crippen LogP) is 19.3. The molecule has 3 aromatic carbocycles. The molecule has 20 heteroatoms. The number of hydrogen-bond donors (Lipinski definition) is 2. The van der Waals surface area contributed by atoms with E-state index in [-0.39, 0.29) is 93.8 Å². The van der Waals surface area contributed by atoms with Gasteiger partial charge in [0.2, 0.25) is 0 Å². The van der Waals surface area contributed by atoms with E-state index in [9.17, 15) is 19.8 Å². The molecule has 0 radical (unpaired) electrons. The lowest BCUT2D eigenvalue weighted by atomic mass is 9.47. The second-order valence-electron chi connectivity index (χ2n) is 44.8. The summed E-state index contributed by atoms with van der Waals surface area (Å²) in [6.45, 7) is 40.2. The van der Waals surface area contributed by atoms with Crippen molar-refractivity contribution >= 4 is 11.9 Å². The van der Waals surface area contributed by atoms with Gasteiger partial charge in [-0.05, 0) is 240 Å². The van der Waals surface area contributed by atoms with Gasteiger partial charge < -0.3 is 86.0 Å². The predicted molar refractivity (Wildman–Crippen MR) is 473 cm³/mol. The molecule has 8 aliphatic carbocycles. The van der Waals surface area contributed by atoms with Crippen LogP contribution in [-0.4, -0.2) is 170 Å². The first-order valence-corrected chi connectivity index (χ1v) is 49.7. The van der Waals surface area contributed by atoms with Crippen molar-refractivity contribution in [3.05, 3.63) is 131 Å². The summed E-state index contributed by atoms with van der Waals surface area (Å²) in [7, 11) is 0. The fraction of sp³-hybridized carbons (Fsp3) is 0.774. The van der Waals surface area contributed by atoms with Gasteiger partial charge in [0.25, 0.3) is 0 Å². The van der Waals surface area contributed by atoms with E-state index >= 15 is 0 Å². The monoisotopic (exact) mass is 1740 g/mol. The normalized spacial score (nSPS) is 51.0. The lowest BCUT2D eigenvalue weighted by Gasteiger charge is -2.59. The van der Waals surface area contributed by atoms with Gasteiger partial charge in [-0.1, -0.05) is 187 Å². The van der Waals surface area contributed by atoms with Crippen LogP contribution in [0.4, 0.5) is 0 Å². The smallest absolute Gasteiger partial charge is 0.338 e. The molecule has 2 spiro atoms. The second-order valence-corrected chi connectivity index (χ2v) is 44.8. The van der Waals surface area contributed by atoms with Gasteiger partial charge in [-0.15, -0.1) is 0 Å². The summed E-state index contributed by atoms with van der Waals surface area (Å²) < 4.78 is 108. The number of ether oxygens (including phenoxy) is 16. The highest BCUT2D eigenvalue weighted by Crippen LogP contribution is 2.74. The zero-order chi connectivity index (χ0) is 88.2. The fourth-order valence-corrected chi connectivity index (χ4v) is 29.7. The van der Waals surface area contributed by atoms with Crippen LogP contribution in [0.3, 0.4) is 0 Å².